The maximum absolute atomic E-state index is 12.5. The highest BCUT2D eigenvalue weighted by atomic mass is 16.5. The Morgan fingerprint density at radius 2 is 1.96 bits per heavy atom. The average molecular weight is 354 g/mol. The highest BCUT2D eigenvalue weighted by Gasteiger charge is 2.13. The van der Waals surface area contributed by atoms with Crippen molar-refractivity contribution in [1.29, 1.82) is 0 Å². The van der Waals surface area contributed by atoms with Crippen molar-refractivity contribution >= 4 is 17.3 Å². The molecule has 138 valence electrons. The van der Waals surface area contributed by atoms with E-state index in [0.717, 1.165) is 50.8 Å². The molecule has 0 spiro atoms. The first-order valence-electron chi connectivity index (χ1n) is 9.15. The minimum atomic E-state index is -0.135. The number of rotatable bonds is 7. The number of anilines is 2. The predicted molar refractivity (Wildman–Crippen MR) is 103 cm³/mol. The van der Waals surface area contributed by atoms with Gasteiger partial charge in [-0.1, -0.05) is 18.2 Å². The molecule has 1 N–H and O–H groups in total. The molecule has 1 aliphatic rings. The fourth-order valence-corrected chi connectivity index (χ4v) is 3.08. The average Bonchev–Trinajstić information content (AvgIpc) is 2.70. The van der Waals surface area contributed by atoms with E-state index in [0.29, 0.717) is 12.2 Å². The minimum absolute atomic E-state index is 0.135. The molecule has 26 heavy (non-hydrogen) atoms. The van der Waals surface area contributed by atoms with Crippen LogP contribution in [0.4, 0.5) is 11.4 Å². The maximum atomic E-state index is 12.5. The molecular weight excluding hydrogens is 328 g/mol. The van der Waals surface area contributed by atoms with Gasteiger partial charge < -0.3 is 15.0 Å². The summed E-state index contributed by atoms with van der Waals surface area (Å²) in [4.78, 5) is 21.1. The molecule has 1 aliphatic heterocycles. The van der Waals surface area contributed by atoms with E-state index in [1.807, 2.05) is 30.3 Å². The van der Waals surface area contributed by atoms with Gasteiger partial charge in [0.15, 0.2) is 0 Å². The summed E-state index contributed by atoms with van der Waals surface area (Å²) in [6, 6.07) is 13.9. The molecule has 0 bridgehead atoms. The Hall–Kier alpha value is -2.44. The Bertz CT molecular complexity index is 702. The first-order chi connectivity index (χ1) is 12.8. The maximum Gasteiger partial charge on any atom is 0.269 e. The molecule has 1 aromatic heterocycles. The summed E-state index contributed by atoms with van der Waals surface area (Å²) in [7, 11) is 0. The molecule has 0 radical (unpaired) electrons. The van der Waals surface area contributed by atoms with Crippen molar-refractivity contribution in [2.45, 2.75) is 6.92 Å². The highest BCUT2D eigenvalue weighted by Crippen LogP contribution is 2.24. The van der Waals surface area contributed by atoms with Gasteiger partial charge >= 0.3 is 0 Å². The monoisotopic (exact) mass is 354 g/mol. The van der Waals surface area contributed by atoms with Crippen LogP contribution in [-0.4, -0.2) is 61.7 Å². The van der Waals surface area contributed by atoms with Crippen molar-refractivity contribution < 1.29 is 9.53 Å². The molecule has 6 nitrogen and oxygen atoms in total. The van der Waals surface area contributed by atoms with Gasteiger partial charge in [-0.3, -0.25) is 14.7 Å². The van der Waals surface area contributed by atoms with Crippen LogP contribution in [0.25, 0.3) is 0 Å². The Balaban J connectivity index is 1.61. The molecule has 1 fully saturated rings. The van der Waals surface area contributed by atoms with Crippen LogP contribution in [-0.2, 0) is 4.74 Å². The topological polar surface area (TPSA) is 57.7 Å². The van der Waals surface area contributed by atoms with E-state index >= 15 is 0 Å². The second kappa shape index (κ2) is 9.31. The standard InChI is InChI=1S/C20H26N4O2/c1-2-24(17-6-4-3-5-7-17)18-8-9-21-19(16-18)20(25)22-10-11-23-12-14-26-15-13-23/h3-9,16H,2,10-15H2,1H3,(H,22,25). The summed E-state index contributed by atoms with van der Waals surface area (Å²) in [6.45, 7) is 7.73. The van der Waals surface area contributed by atoms with Crippen molar-refractivity contribution in [2.24, 2.45) is 0 Å². The SMILES string of the molecule is CCN(c1ccccc1)c1ccnc(C(=O)NCCN2CCOCC2)c1. The summed E-state index contributed by atoms with van der Waals surface area (Å²) in [5.74, 6) is -0.135. The van der Waals surface area contributed by atoms with Gasteiger partial charge in [-0.2, -0.15) is 0 Å². The van der Waals surface area contributed by atoms with Crippen molar-refractivity contribution in [2.75, 3.05) is 50.8 Å². The predicted octanol–water partition coefficient (Wildman–Crippen LogP) is 2.30. The number of carbonyl (C=O) groups excluding carboxylic acids is 1. The summed E-state index contributed by atoms with van der Waals surface area (Å²) >= 11 is 0. The van der Waals surface area contributed by atoms with Crippen molar-refractivity contribution in [3.8, 4) is 0 Å². The molecule has 0 saturated carbocycles. The number of amides is 1. The Morgan fingerprint density at radius 1 is 1.19 bits per heavy atom. The van der Waals surface area contributed by atoms with Gasteiger partial charge in [0, 0.05) is 50.3 Å². The van der Waals surface area contributed by atoms with Crippen LogP contribution < -0.4 is 10.2 Å². The lowest BCUT2D eigenvalue weighted by Gasteiger charge is -2.26. The summed E-state index contributed by atoms with van der Waals surface area (Å²) in [5.41, 5.74) is 2.51. The third-order valence-electron chi connectivity index (χ3n) is 4.49. The van der Waals surface area contributed by atoms with Crippen LogP contribution in [0.5, 0.6) is 0 Å². The Morgan fingerprint density at radius 3 is 2.69 bits per heavy atom. The second-order valence-corrected chi connectivity index (χ2v) is 6.19. The molecule has 2 heterocycles. The Kier molecular flexibility index (Phi) is 6.57. The normalized spacial score (nSPS) is 14.8. The molecule has 0 aliphatic carbocycles. The lowest BCUT2D eigenvalue weighted by Crippen LogP contribution is -2.41. The van der Waals surface area contributed by atoms with E-state index in [1.54, 1.807) is 6.20 Å². The van der Waals surface area contributed by atoms with E-state index in [2.05, 4.69) is 39.2 Å². The fourth-order valence-electron chi connectivity index (χ4n) is 3.08. The molecule has 1 amide bonds. The quantitative estimate of drug-likeness (QED) is 0.827. The van der Waals surface area contributed by atoms with Crippen LogP contribution in [0, 0.1) is 0 Å². The van der Waals surface area contributed by atoms with Crippen molar-refractivity contribution in [3.63, 3.8) is 0 Å². The summed E-state index contributed by atoms with van der Waals surface area (Å²) in [6.07, 6.45) is 1.69. The van der Waals surface area contributed by atoms with Crippen LogP contribution in [0.3, 0.4) is 0 Å². The smallest absolute Gasteiger partial charge is 0.269 e. The summed E-state index contributed by atoms with van der Waals surface area (Å²) in [5, 5.41) is 2.97. The number of morpholine rings is 1. The van der Waals surface area contributed by atoms with Gasteiger partial charge in [0.2, 0.25) is 0 Å². The molecular formula is C20H26N4O2. The number of para-hydroxylation sites is 1. The van der Waals surface area contributed by atoms with Crippen LogP contribution in [0.15, 0.2) is 48.7 Å². The van der Waals surface area contributed by atoms with E-state index < -0.39 is 0 Å². The third kappa shape index (κ3) is 4.80. The molecule has 2 aromatic rings. The van der Waals surface area contributed by atoms with Gasteiger partial charge in [-0.15, -0.1) is 0 Å². The zero-order chi connectivity index (χ0) is 18.2. The van der Waals surface area contributed by atoms with E-state index in [9.17, 15) is 4.79 Å². The highest BCUT2D eigenvalue weighted by molar-refractivity contribution is 5.93. The number of hydrogen-bond donors (Lipinski definition) is 1. The number of aromatic nitrogens is 1. The van der Waals surface area contributed by atoms with Gasteiger partial charge in [0.1, 0.15) is 5.69 Å². The van der Waals surface area contributed by atoms with Crippen LogP contribution in [0.2, 0.25) is 0 Å². The lowest BCUT2D eigenvalue weighted by atomic mass is 10.2. The molecule has 0 unspecified atom stereocenters. The number of ether oxygens (including phenoxy) is 1. The Labute approximate surface area is 154 Å². The van der Waals surface area contributed by atoms with Gasteiger partial charge in [-0.25, -0.2) is 0 Å². The zero-order valence-electron chi connectivity index (χ0n) is 15.2. The van der Waals surface area contributed by atoms with E-state index in [-0.39, 0.29) is 5.91 Å². The largest absolute Gasteiger partial charge is 0.379 e. The van der Waals surface area contributed by atoms with Crippen LogP contribution >= 0.6 is 0 Å². The number of nitrogens with zero attached hydrogens (tertiary/aromatic N) is 3. The first-order valence-corrected chi connectivity index (χ1v) is 9.15. The van der Waals surface area contributed by atoms with Gasteiger partial charge in [-0.05, 0) is 31.2 Å². The zero-order valence-corrected chi connectivity index (χ0v) is 15.2. The number of nitrogens with one attached hydrogen (secondary N) is 1. The second-order valence-electron chi connectivity index (χ2n) is 6.19. The van der Waals surface area contributed by atoms with Gasteiger partial charge in [0.25, 0.3) is 5.91 Å². The van der Waals surface area contributed by atoms with Crippen molar-refractivity contribution in [1.82, 2.24) is 15.2 Å². The first kappa shape index (κ1) is 18.4. The minimum Gasteiger partial charge on any atom is -0.379 e. The lowest BCUT2D eigenvalue weighted by molar-refractivity contribution is 0.0383. The van der Waals surface area contributed by atoms with Crippen molar-refractivity contribution in [3.05, 3.63) is 54.4 Å². The fraction of sp³-hybridized carbons (Fsp3) is 0.400. The summed E-state index contributed by atoms with van der Waals surface area (Å²) < 4.78 is 5.34. The molecule has 3 rings (SSSR count). The van der Waals surface area contributed by atoms with Gasteiger partial charge in [0.05, 0.1) is 13.2 Å². The molecule has 0 atom stereocenters. The number of carbonyl (C=O) groups is 1. The molecule has 1 saturated heterocycles. The number of hydrogen-bond acceptors (Lipinski definition) is 5. The number of pyridine rings is 1. The van der Waals surface area contributed by atoms with Crippen LogP contribution in [0.1, 0.15) is 17.4 Å². The third-order valence-corrected chi connectivity index (χ3v) is 4.49. The van der Waals surface area contributed by atoms with E-state index in [1.165, 1.54) is 0 Å². The molecule has 1 aromatic carbocycles. The molecule has 6 heteroatoms. The number of benzene rings is 1. The van der Waals surface area contributed by atoms with E-state index in [4.69, 9.17) is 4.74 Å².